The molecule has 6 heteroatoms. The minimum absolute atomic E-state index is 0.104. The number of aliphatic hydroxyl groups excluding tert-OH is 4. The quantitative estimate of drug-likeness (QED) is 0.216. The Hall–Kier alpha value is -0.690. The van der Waals surface area contributed by atoms with Crippen molar-refractivity contribution in [1.29, 1.82) is 0 Å². The van der Waals surface area contributed by atoms with Gasteiger partial charge < -0.3 is 20.4 Å². The van der Waals surface area contributed by atoms with Gasteiger partial charge in [0.15, 0.2) is 6.10 Å². The molecule has 0 fully saturated rings. The van der Waals surface area contributed by atoms with E-state index in [9.17, 15) is 0 Å². The van der Waals surface area contributed by atoms with Crippen LogP contribution in [0.25, 0.3) is 0 Å². The van der Waals surface area contributed by atoms with Crippen molar-refractivity contribution in [2.75, 3.05) is 13.2 Å². The number of β-amino-alcohol motifs (C(OH)–C–C–N with tert-alkyl or cyclic N) is 1. The summed E-state index contributed by atoms with van der Waals surface area (Å²) in [5.41, 5.74) is -0.104. The molecule has 0 aliphatic carbocycles. The maximum Gasteiger partial charge on any atom is 0.260 e. The highest BCUT2D eigenvalue weighted by Crippen LogP contribution is 2.08. The summed E-state index contributed by atoms with van der Waals surface area (Å²) in [6.07, 6.45) is -3.97. The average Bonchev–Trinajstić information content (AvgIpc) is 2.01. The van der Waals surface area contributed by atoms with Gasteiger partial charge in [-0.1, -0.05) is 0 Å². The zero-order chi connectivity index (χ0) is 9.30. The van der Waals surface area contributed by atoms with Crippen LogP contribution in [-0.4, -0.2) is 67.5 Å². The summed E-state index contributed by atoms with van der Waals surface area (Å²) in [6.45, 7) is -0.768. The van der Waals surface area contributed by atoms with Crippen LogP contribution in [0.2, 0.25) is 0 Å². The lowest BCUT2D eigenvalue weighted by Gasteiger charge is -2.23. The molecule has 0 amide bonds. The highest BCUT2D eigenvalue weighted by molar-refractivity contribution is 5.85. The van der Waals surface area contributed by atoms with E-state index in [1.165, 1.54) is 0 Å². The van der Waals surface area contributed by atoms with Crippen molar-refractivity contribution in [2.24, 2.45) is 0 Å². The number of aliphatic hydroxyl groups is 4. The van der Waals surface area contributed by atoms with Crippen molar-refractivity contribution in [3.05, 3.63) is 0 Å². The van der Waals surface area contributed by atoms with Gasteiger partial charge in [0, 0.05) is 0 Å². The Kier molecular flexibility index (Phi) is 2.63. The first-order chi connectivity index (χ1) is 5.57. The van der Waals surface area contributed by atoms with Gasteiger partial charge >= 0.3 is 0 Å². The molecule has 0 aromatic carbocycles. The minimum atomic E-state index is -1.41. The van der Waals surface area contributed by atoms with Gasteiger partial charge in [0.2, 0.25) is 6.54 Å². The molecule has 12 heavy (non-hydrogen) atoms. The van der Waals surface area contributed by atoms with E-state index in [1.54, 1.807) is 0 Å². The van der Waals surface area contributed by atoms with Crippen LogP contribution < -0.4 is 0 Å². The Bertz CT molecular complexity index is 204. The molecular weight excluding hydrogens is 166 g/mol. The molecule has 0 saturated heterocycles. The van der Waals surface area contributed by atoms with Gasteiger partial charge in [0.25, 0.3) is 5.71 Å². The van der Waals surface area contributed by atoms with Crippen LogP contribution in [0.1, 0.15) is 0 Å². The minimum Gasteiger partial charge on any atom is -0.387 e. The first-order valence-corrected chi connectivity index (χ1v) is 3.55. The zero-order valence-corrected chi connectivity index (χ0v) is 6.33. The maximum absolute atomic E-state index is 9.17. The monoisotopic (exact) mass is 178 g/mol. The van der Waals surface area contributed by atoms with E-state index >= 15 is 0 Å². The van der Waals surface area contributed by atoms with Gasteiger partial charge in [-0.25, -0.2) is 0 Å². The summed E-state index contributed by atoms with van der Waals surface area (Å²) in [4.78, 5) is 0. The summed E-state index contributed by atoms with van der Waals surface area (Å²) >= 11 is 0. The molecule has 3 unspecified atom stereocenters. The lowest BCUT2D eigenvalue weighted by atomic mass is 10.0. The van der Waals surface area contributed by atoms with Crippen LogP contribution in [0.5, 0.6) is 0 Å². The van der Waals surface area contributed by atoms with Crippen molar-refractivity contribution in [3.8, 4) is 0 Å². The fraction of sp³-hybridized carbons (Fsp3) is 0.833. The molecule has 1 heterocycles. The molecule has 1 aliphatic heterocycles. The van der Waals surface area contributed by atoms with Crippen LogP contribution in [-0.2, 0) is 0 Å². The summed E-state index contributed by atoms with van der Waals surface area (Å²) in [5.74, 6) is 0. The smallest absolute Gasteiger partial charge is 0.260 e. The largest absolute Gasteiger partial charge is 0.387 e. The van der Waals surface area contributed by atoms with Gasteiger partial charge in [-0.2, -0.15) is 0 Å². The van der Waals surface area contributed by atoms with E-state index < -0.39 is 24.9 Å². The fourth-order valence-corrected chi connectivity index (χ4v) is 1.14. The Balaban J connectivity index is 2.88. The molecule has 5 N–H and O–H groups in total. The van der Waals surface area contributed by atoms with E-state index in [1.807, 2.05) is 0 Å². The average molecular weight is 178 g/mol. The highest BCUT2D eigenvalue weighted by Gasteiger charge is 2.41. The number of rotatable bonds is 1. The maximum atomic E-state index is 9.17. The normalized spacial score (nSPS) is 37.2. The third-order valence-corrected chi connectivity index (χ3v) is 1.91. The third kappa shape index (κ3) is 1.42. The Morgan fingerprint density at radius 2 is 1.92 bits per heavy atom. The molecule has 0 bridgehead atoms. The molecule has 0 spiro atoms. The van der Waals surface area contributed by atoms with E-state index in [0.717, 1.165) is 0 Å². The Morgan fingerprint density at radius 1 is 1.33 bits per heavy atom. The molecule has 0 radical (unpaired) electrons. The van der Waals surface area contributed by atoms with Gasteiger partial charge in [-0.05, 0) is 4.74 Å². The summed E-state index contributed by atoms with van der Waals surface area (Å²) in [7, 11) is 0. The van der Waals surface area contributed by atoms with Gasteiger partial charge in [-0.3, -0.25) is 5.21 Å². The molecule has 1 aliphatic rings. The van der Waals surface area contributed by atoms with E-state index in [4.69, 9.17) is 25.6 Å². The van der Waals surface area contributed by atoms with Gasteiger partial charge in [0.1, 0.15) is 18.8 Å². The first kappa shape index (κ1) is 9.40. The van der Waals surface area contributed by atoms with Crippen LogP contribution in [0.15, 0.2) is 0 Å². The second-order valence-electron chi connectivity index (χ2n) is 2.73. The first-order valence-electron chi connectivity index (χ1n) is 3.55. The number of hydrogen-bond acceptors (Lipinski definition) is 5. The second-order valence-corrected chi connectivity index (χ2v) is 2.73. The van der Waals surface area contributed by atoms with Crippen LogP contribution in [0.3, 0.4) is 0 Å². The third-order valence-electron chi connectivity index (χ3n) is 1.91. The van der Waals surface area contributed by atoms with E-state index in [-0.39, 0.29) is 12.3 Å². The molecule has 1 rings (SSSR count). The number of nitrogens with zero attached hydrogens (tertiary/aromatic N) is 1. The summed E-state index contributed by atoms with van der Waals surface area (Å²) < 4.78 is 0.544. The molecule has 3 atom stereocenters. The predicted octanol–water partition coefficient (Wildman–Crippen LogP) is -3.08. The SMILES string of the molecule is OCC1=[N+](O)CC(O)C(O)C1O. The van der Waals surface area contributed by atoms with Crippen molar-refractivity contribution < 1.29 is 30.4 Å². The Labute approximate surface area is 68.6 Å². The van der Waals surface area contributed by atoms with Crippen LogP contribution >= 0.6 is 0 Å². The zero-order valence-electron chi connectivity index (χ0n) is 6.33. The van der Waals surface area contributed by atoms with Crippen molar-refractivity contribution in [1.82, 2.24) is 0 Å². The van der Waals surface area contributed by atoms with Crippen LogP contribution in [0.4, 0.5) is 0 Å². The van der Waals surface area contributed by atoms with Crippen molar-refractivity contribution in [2.45, 2.75) is 18.3 Å². The summed E-state index contributed by atoms with van der Waals surface area (Å²) in [6, 6.07) is 0. The van der Waals surface area contributed by atoms with Crippen molar-refractivity contribution >= 4 is 5.71 Å². The molecule has 6 nitrogen and oxygen atoms in total. The Morgan fingerprint density at radius 3 is 2.42 bits per heavy atom. The van der Waals surface area contributed by atoms with Crippen molar-refractivity contribution in [3.63, 3.8) is 0 Å². The number of hydrogen-bond donors (Lipinski definition) is 5. The molecule has 70 valence electrons. The van der Waals surface area contributed by atoms with Gasteiger partial charge in [-0.15, -0.1) is 0 Å². The topological polar surface area (TPSA) is 104 Å². The van der Waals surface area contributed by atoms with E-state index in [0.29, 0.717) is 4.74 Å². The van der Waals surface area contributed by atoms with E-state index in [2.05, 4.69) is 0 Å². The lowest BCUT2D eigenvalue weighted by Crippen LogP contribution is -2.54. The standard InChI is InChI=1S/C6H12NO5/c8-2-3-5(10)6(11)4(9)1-7(3)12/h4-6,8-12H,1-2H2/q+1. The molecular formula is C6H12NO5+. The molecule has 0 saturated carbocycles. The molecule has 0 aromatic heterocycles. The van der Waals surface area contributed by atoms with Crippen LogP contribution in [0, 0.1) is 0 Å². The predicted molar refractivity (Wildman–Crippen MR) is 37.0 cm³/mol. The fourth-order valence-electron chi connectivity index (χ4n) is 1.14. The van der Waals surface area contributed by atoms with Gasteiger partial charge in [0.05, 0.1) is 0 Å². The lowest BCUT2D eigenvalue weighted by molar-refractivity contribution is -0.784. The second kappa shape index (κ2) is 3.36. The summed E-state index contributed by atoms with van der Waals surface area (Å²) in [5, 5.41) is 45.0. The number of hydroxylamine groups is 1. The highest BCUT2D eigenvalue weighted by atomic mass is 16.5. The molecule has 0 aromatic rings.